The minimum absolute atomic E-state index is 0.0170. The summed E-state index contributed by atoms with van der Waals surface area (Å²) in [5, 5.41) is 1.88. The minimum atomic E-state index is -0.844. The van der Waals surface area contributed by atoms with Crippen LogP contribution in [0.3, 0.4) is 0 Å². The van der Waals surface area contributed by atoms with Crippen molar-refractivity contribution in [1.29, 1.82) is 0 Å². The molecule has 0 spiro atoms. The highest BCUT2D eigenvalue weighted by molar-refractivity contribution is 7.99. The molecule has 136 valence electrons. The van der Waals surface area contributed by atoms with Gasteiger partial charge in [-0.25, -0.2) is 4.79 Å². The molecule has 0 N–H and O–H groups in total. The third-order valence-corrected chi connectivity index (χ3v) is 5.56. The topological polar surface area (TPSA) is 60.4 Å². The van der Waals surface area contributed by atoms with Gasteiger partial charge in [0, 0.05) is 20.9 Å². The van der Waals surface area contributed by atoms with Gasteiger partial charge >= 0.3 is 5.97 Å². The largest absolute Gasteiger partial charge is 0.460 e. The van der Waals surface area contributed by atoms with E-state index < -0.39 is 11.8 Å². The van der Waals surface area contributed by atoms with Crippen LogP contribution in [0.2, 0.25) is 0 Å². The second-order valence-electron chi connectivity index (χ2n) is 5.51. The summed E-state index contributed by atoms with van der Waals surface area (Å²) in [4.78, 5) is 38.3. The fraction of sp³-hybridized carbons (Fsp3) is 0.0952. The molecule has 0 atom stereocenters. The Bertz CT molecular complexity index is 943. The first-order valence-electron chi connectivity index (χ1n) is 8.26. The predicted octanol–water partition coefficient (Wildman–Crippen LogP) is 4.88. The molecule has 0 amide bonds. The first-order chi connectivity index (χ1) is 13.1. The lowest BCUT2D eigenvalue weighted by Gasteiger charge is -2.05. The zero-order valence-corrected chi connectivity index (χ0v) is 16.1. The Morgan fingerprint density at radius 1 is 0.889 bits per heavy atom. The standard InChI is InChI=1S/C21H16O4S2/c1-2-25-21(24)20(23)15-7-11-17(12-8-15)27-16-9-5-14(6-10-16)19(22)18-4-3-13-26-18/h3-13H,2H2,1H3. The Kier molecular flexibility index (Phi) is 6.21. The first-order valence-corrected chi connectivity index (χ1v) is 9.95. The second kappa shape index (κ2) is 8.79. The van der Waals surface area contributed by atoms with E-state index in [1.54, 1.807) is 31.2 Å². The number of thiophene rings is 1. The van der Waals surface area contributed by atoms with E-state index >= 15 is 0 Å². The third kappa shape index (κ3) is 4.72. The van der Waals surface area contributed by atoms with Crippen molar-refractivity contribution in [2.45, 2.75) is 16.7 Å². The van der Waals surface area contributed by atoms with E-state index in [0.717, 1.165) is 14.7 Å². The third-order valence-electron chi connectivity index (χ3n) is 3.67. The monoisotopic (exact) mass is 396 g/mol. The molecule has 0 unspecified atom stereocenters. The van der Waals surface area contributed by atoms with E-state index in [4.69, 9.17) is 4.74 Å². The maximum absolute atomic E-state index is 12.3. The van der Waals surface area contributed by atoms with Gasteiger partial charge in [-0.15, -0.1) is 11.3 Å². The summed E-state index contributed by atoms with van der Waals surface area (Å²) in [6.45, 7) is 1.83. The maximum Gasteiger partial charge on any atom is 0.379 e. The number of benzene rings is 2. The average Bonchev–Trinajstić information content (AvgIpc) is 3.23. The average molecular weight is 396 g/mol. The number of ketones is 2. The maximum atomic E-state index is 12.3. The molecule has 3 aromatic rings. The van der Waals surface area contributed by atoms with Crippen molar-refractivity contribution in [2.75, 3.05) is 6.61 Å². The zero-order valence-electron chi connectivity index (χ0n) is 14.5. The van der Waals surface area contributed by atoms with Crippen LogP contribution in [0.4, 0.5) is 0 Å². The normalized spacial score (nSPS) is 10.4. The highest BCUT2D eigenvalue weighted by atomic mass is 32.2. The van der Waals surface area contributed by atoms with E-state index in [1.807, 2.05) is 41.8 Å². The molecule has 1 heterocycles. The van der Waals surface area contributed by atoms with Crippen LogP contribution in [0.25, 0.3) is 0 Å². The molecule has 2 aromatic carbocycles. The fourth-order valence-electron chi connectivity index (χ4n) is 2.35. The number of Topliss-reactive ketones (excluding diaryl/α,β-unsaturated/α-hetero) is 1. The van der Waals surface area contributed by atoms with Gasteiger partial charge in [0.15, 0.2) is 0 Å². The zero-order chi connectivity index (χ0) is 19.2. The van der Waals surface area contributed by atoms with Crippen LogP contribution in [0.5, 0.6) is 0 Å². The molecular formula is C21H16O4S2. The minimum Gasteiger partial charge on any atom is -0.460 e. The highest BCUT2D eigenvalue weighted by Crippen LogP contribution is 2.28. The molecule has 0 aliphatic carbocycles. The molecule has 0 fully saturated rings. The summed E-state index contributed by atoms with van der Waals surface area (Å²) in [6, 6.07) is 17.8. The van der Waals surface area contributed by atoms with E-state index in [1.165, 1.54) is 23.1 Å². The van der Waals surface area contributed by atoms with E-state index in [0.29, 0.717) is 11.1 Å². The lowest BCUT2D eigenvalue weighted by Crippen LogP contribution is -2.17. The highest BCUT2D eigenvalue weighted by Gasteiger charge is 2.17. The number of carbonyl (C=O) groups excluding carboxylic acids is 3. The van der Waals surface area contributed by atoms with Crippen LogP contribution in [0.15, 0.2) is 75.8 Å². The molecule has 4 nitrogen and oxygen atoms in total. The molecule has 6 heteroatoms. The molecule has 27 heavy (non-hydrogen) atoms. The molecule has 0 saturated carbocycles. The molecular weight excluding hydrogens is 380 g/mol. The van der Waals surface area contributed by atoms with Crippen LogP contribution in [0, 0.1) is 0 Å². The smallest absolute Gasteiger partial charge is 0.379 e. The van der Waals surface area contributed by atoms with Gasteiger partial charge in [-0.1, -0.05) is 17.8 Å². The lowest BCUT2D eigenvalue weighted by atomic mass is 10.1. The van der Waals surface area contributed by atoms with E-state index in [-0.39, 0.29) is 12.4 Å². The van der Waals surface area contributed by atoms with E-state index in [2.05, 4.69) is 0 Å². The molecule has 1 aromatic heterocycles. The quantitative estimate of drug-likeness (QED) is 0.324. The number of hydrogen-bond donors (Lipinski definition) is 0. The molecule has 0 radical (unpaired) electrons. The summed E-state index contributed by atoms with van der Waals surface area (Å²) in [6.07, 6.45) is 0. The van der Waals surface area contributed by atoms with Crippen molar-refractivity contribution in [1.82, 2.24) is 0 Å². The Labute approximate surface area is 165 Å². The second-order valence-corrected chi connectivity index (χ2v) is 7.60. The van der Waals surface area contributed by atoms with Gasteiger partial charge in [0.2, 0.25) is 5.78 Å². The van der Waals surface area contributed by atoms with Crippen LogP contribution in [-0.4, -0.2) is 24.1 Å². The lowest BCUT2D eigenvalue weighted by molar-refractivity contribution is -0.137. The van der Waals surface area contributed by atoms with Gasteiger partial charge in [-0.05, 0) is 66.9 Å². The number of esters is 1. The SMILES string of the molecule is CCOC(=O)C(=O)c1ccc(Sc2ccc(C(=O)c3cccs3)cc2)cc1. The van der Waals surface area contributed by atoms with Crippen LogP contribution in [-0.2, 0) is 9.53 Å². The Morgan fingerprint density at radius 2 is 1.48 bits per heavy atom. The van der Waals surface area contributed by atoms with Gasteiger partial charge in [-0.3, -0.25) is 9.59 Å². The van der Waals surface area contributed by atoms with Gasteiger partial charge in [0.1, 0.15) is 0 Å². The first kappa shape index (κ1) is 19.1. The number of rotatable bonds is 7. The Morgan fingerprint density at radius 3 is 2.00 bits per heavy atom. The molecule has 0 aliphatic rings. The summed E-state index contributed by atoms with van der Waals surface area (Å²) < 4.78 is 4.72. The van der Waals surface area contributed by atoms with Crippen molar-refractivity contribution in [2.24, 2.45) is 0 Å². The predicted molar refractivity (Wildman–Crippen MR) is 106 cm³/mol. The molecule has 3 rings (SSSR count). The van der Waals surface area contributed by atoms with Gasteiger partial charge in [0.25, 0.3) is 5.78 Å². The van der Waals surface area contributed by atoms with Crippen molar-refractivity contribution in [3.8, 4) is 0 Å². The number of ether oxygens (including phenoxy) is 1. The number of carbonyl (C=O) groups is 3. The summed E-state index contributed by atoms with van der Waals surface area (Å²) in [5.41, 5.74) is 0.951. The van der Waals surface area contributed by atoms with Crippen molar-refractivity contribution in [3.05, 3.63) is 82.0 Å². The van der Waals surface area contributed by atoms with Crippen LogP contribution < -0.4 is 0 Å². The fourth-order valence-corrected chi connectivity index (χ4v) is 3.85. The summed E-state index contributed by atoms with van der Waals surface area (Å²) >= 11 is 2.93. The molecule has 0 aliphatic heterocycles. The van der Waals surface area contributed by atoms with Crippen molar-refractivity contribution >= 4 is 40.6 Å². The Balaban J connectivity index is 1.66. The molecule has 0 bridgehead atoms. The summed E-state index contributed by atoms with van der Waals surface area (Å²) in [5.74, 6) is -1.47. The van der Waals surface area contributed by atoms with Gasteiger partial charge in [-0.2, -0.15) is 0 Å². The summed E-state index contributed by atoms with van der Waals surface area (Å²) in [7, 11) is 0. The van der Waals surface area contributed by atoms with Crippen molar-refractivity contribution in [3.63, 3.8) is 0 Å². The van der Waals surface area contributed by atoms with Gasteiger partial charge in [0.05, 0.1) is 11.5 Å². The Hall–Kier alpha value is -2.70. The van der Waals surface area contributed by atoms with Crippen LogP contribution in [0.1, 0.15) is 32.5 Å². The molecule has 0 saturated heterocycles. The van der Waals surface area contributed by atoms with Crippen LogP contribution >= 0.6 is 23.1 Å². The van der Waals surface area contributed by atoms with Gasteiger partial charge < -0.3 is 4.74 Å². The van der Waals surface area contributed by atoms with E-state index in [9.17, 15) is 14.4 Å². The number of hydrogen-bond acceptors (Lipinski definition) is 6. The van der Waals surface area contributed by atoms with Crippen molar-refractivity contribution < 1.29 is 19.1 Å².